The van der Waals surface area contributed by atoms with Gasteiger partial charge in [0.25, 0.3) is 0 Å². The van der Waals surface area contributed by atoms with E-state index in [1.165, 1.54) is 37.3 Å². The molecule has 26 heavy (non-hydrogen) atoms. The number of carbonyl (C=O) groups excluding carboxylic acids is 1. The van der Waals surface area contributed by atoms with E-state index in [9.17, 15) is 18.0 Å². The summed E-state index contributed by atoms with van der Waals surface area (Å²) in [5.74, 6) is 0.0233. The van der Waals surface area contributed by atoms with Gasteiger partial charge in [0, 0.05) is 38.1 Å². The molecular weight excluding hydrogens is 345 g/mol. The molecular formula is C18H19F3N4O. The Labute approximate surface area is 149 Å². The van der Waals surface area contributed by atoms with E-state index in [1.807, 2.05) is 0 Å². The highest BCUT2D eigenvalue weighted by molar-refractivity contribution is 5.91. The number of hydrogen-bond donors (Lipinski definition) is 1. The molecule has 5 nitrogen and oxygen atoms in total. The van der Waals surface area contributed by atoms with E-state index in [0.29, 0.717) is 11.5 Å². The predicted molar refractivity (Wildman–Crippen MR) is 93.4 cm³/mol. The van der Waals surface area contributed by atoms with Gasteiger partial charge >= 0.3 is 6.18 Å². The van der Waals surface area contributed by atoms with Gasteiger partial charge in [0.1, 0.15) is 0 Å². The fraction of sp³-hybridized carbons (Fsp3) is 0.278. The number of hydrogen-bond acceptors (Lipinski definition) is 4. The van der Waals surface area contributed by atoms with Crippen LogP contribution in [-0.2, 0) is 11.0 Å². The summed E-state index contributed by atoms with van der Waals surface area (Å²) in [6, 6.07) is 4.38. The average Bonchev–Trinajstić information content (AvgIpc) is 2.59. The first kappa shape index (κ1) is 19.4. The Balaban J connectivity index is 2.06. The largest absolute Gasteiger partial charge is 0.416 e. The molecule has 0 spiro atoms. The summed E-state index contributed by atoms with van der Waals surface area (Å²) in [6.07, 6.45) is 1.36. The minimum atomic E-state index is -4.48. The number of alkyl halides is 3. The van der Waals surface area contributed by atoms with Crippen molar-refractivity contribution in [2.45, 2.75) is 19.1 Å². The summed E-state index contributed by atoms with van der Waals surface area (Å²) < 4.78 is 39.2. The average molecular weight is 364 g/mol. The highest BCUT2D eigenvalue weighted by atomic mass is 19.4. The van der Waals surface area contributed by atoms with E-state index in [4.69, 9.17) is 0 Å². The van der Waals surface area contributed by atoms with Crippen molar-refractivity contribution in [1.82, 2.24) is 15.3 Å². The molecule has 1 heterocycles. The van der Waals surface area contributed by atoms with Crippen LogP contribution < -0.4 is 10.2 Å². The SMILES string of the molecule is CC(NC(=O)/C=C/c1cnc(N(C)C)nc1)c1ccccc1C(F)(F)F. The molecule has 138 valence electrons. The lowest BCUT2D eigenvalue weighted by molar-refractivity contribution is -0.138. The number of nitrogens with one attached hydrogen (secondary N) is 1. The van der Waals surface area contributed by atoms with Crippen molar-refractivity contribution >= 4 is 17.9 Å². The van der Waals surface area contributed by atoms with Gasteiger partial charge in [-0.1, -0.05) is 18.2 Å². The van der Waals surface area contributed by atoms with E-state index in [2.05, 4.69) is 15.3 Å². The van der Waals surface area contributed by atoms with Gasteiger partial charge in [0.15, 0.2) is 0 Å². The number of halogens is 3. The van der Waals surface area contributed by atoms with Crippen LogP contribution in [0.2, 0.25) is 0 Å². The van der Waals surface area contributed by atoms with E-state index in [1.54, 1.807) is 31.4 Å². The van der Waals surface area contributed by atoms with E-state index < -0.39 is 23.7 Å². The summed E-state index contributed by atoms with van der Waals surface area (Å²) in [4.78, 5) is 22.0. The standard InChI is InChI=1S/C18H19F3N4O/c1-12(14-6-4-5-7-15(14)18(19,20)21)24-16(26)9-8-13-10-22-17(23-11-13)25(2)3/h4-12H,1-3H3,(H,24,26)/b9-8+. The lowest BCUT2D eigenvalue weighted by atomic mass is 10.0. The molecule has 0 fully saturated rings. The maximum Gasteiger partial charge on any atom is 0.416 e. The number of anilines is 1. The molecule has 1 N–H and O–H groups in total. The second-order valence-electron chi connectivity index (χ2n) is 5.86. The van der Waals surface area contributed by atoms with Crippen LogP contribution in [0.5, 0.6) is 0 Å². The molecule has 0 aliphatic heterocycles. The second-order valence-corrected chi connectivity index (χ2v) is 5.86. The number of amides is 1. The highest BCUT2D eigenvalue weighted by Crippen LogP contribution is 2.34. The number of benzene rings is 1. The van der Waals surface area contributed by atoms with Gasteiger partial charge in [-0.05, 0) is 24.6 Å². The van der Waals surface area contributed by atoms with Crippen molar-refractivity contribution in [3.8, 4) is 0 Å². The molecule has 0 bridgehead atoms. The topological polar surface area (TPSA) is 58.1 Å². The first-order valence-corrected chi connectivity index (χ1v) is 7.82. The summed E-state index contributed by atoms with van der Waals surface area (Å²) >= 11 is 0. The number of rotatable bonds is 5. The van der Waals surface area contributed by atoms with Gasteiger partial charge in [-0.3, -0.25) is 4.79 Å². The van der Waals surface area contributed by atoms with Crippen LogP contribution in [0.3, 0.4) is 0 Å². The lowest BCUT2D eigenvalue weighted by Gasteiger charge is -2.18. The Morgan fingerprint density at radius 2 is 1.81 bits per heavy atom. The Hall–Kier alpha value is -2.90. The van der Waals surface area contributed by atoms with Gasteiger partial charge in [0.2, 0.25) is 11.9 Å². The normalized spacial score (nSPS) is 12.8. The zero-order valence-corrected chi connectivity index (χ0v) is 14.6. The number of carbonyl (C=O) groups is 1. The molecule has 1 unspecified atom stereocenters. The maximum absolute atomic E-state index is 13.1. The van der Waals surface area contributed by atoms with Crippen molar-refractivity contribution in [1.29, 1.82) is 0 Å². The predicted octanol–water partition coefficient (Wildman–Crippen LogP) is 3.45. The highest BCUT2D eigenvalue weighted by Gasteiger charge is 2.34. The van der Waals surface area contributed by atoms with E-state index >= 15 is 0 Å². The Morgan fingerprint density at radius 1 is 1.19 bits per heavy atom. The Morgan fingerprint density at radius 3 is 2.38 bits per heavy atom. The third-order valence-corrected chi connectivity index (χ3v) is 3.58. The second kappa shape index (κ2) is 7.99. The fourth-order valence-electron chi connectivity index (χ4n) is 2.29. The maximum atomic E-state index is 13.1. The smallest absolute Gasteiger partial charge is 0.347 e. The molecule has 0 aliphatic rings. The fourth-order valence-corrected chi connectivity index (χ4v) is 2.29. The van der Waals surface area contributed by atoms with Crippen molar-refractivity contribution in [3.63, 3.8) is 0 Å². The Kier molecular flexibility index (Phi) is 5.97. The molecule has 1 atom stereocenters. The van der Waals surface area contributed by atoms with Crippen LogP contribution >= 0.6 is 0 Å². The molecule has 1 amide bonds. The molecule has 2 rings (SSSR count). The van der Waals surface area contributed by atoms with Crippen LogP contribution in [-0.4, -0.2) is 30.0 Å². The van der Waals surface area contributed by atoms with Gasteiger partial charge in [-0.25, -0.2) is 9.97 Å². The monoisotopic (exact) mass is 364 g/mol. The van der Waals surface area contributed by atoms with Crippen molar-refractivity contribution < 1.29 is 18.0 Å². The summed E-state index contributed by atoms with van der Waals surface area (Å²) in [5.41, 5.74) is -0.140. The lowest BCUT2D eigenvalue weighted by Crippen LogP contribution is -2.26. The summed E-state index contributed by atoms with van der Waals surface area (Å²) in [7, 11) is 3.61. The number of nitrogens with zero attached hydrogens (tertiary/aromatic N) is 3. The first-order chi connectivity index (χ1) is 12.2. The van der Waals surface area contributed by atoms with E-state index in [-0.39, 0.29) is 5.56 Å². The third-order valence-electron chi connectivity index (χ3n) is 3.58. The van der Waals surface area contributed by atoms with Crippen LogP contribution in [0.15, 0.2) is 42.7 Å². The zero-order chi connectivity index (χ0) is 19.3. The minimum absolute atomic E-state index is 0.0143. The van der Waals surface area contributed by atoms with Crippen molar-refractivity contribution in [3.05, 3.63) is 59.4 Å². The van der Waals surface area contributed by atoms with Crippen molar-refractivity contribution in [2.24, 2.45) is 0 Å². The molecule has 0 saturated heterocycles. The summed E-state index contributed by atoms with van der Waals surface area (Å²) in [5, 5.41) is 2.53. The van der Waals surface area contributed by atoms with Gasteiger partial charge in [0.05, 0.1) is 11.6 Å². The molecule has 0 aliphatic carbocycles. The number of aromatic nitrogens is 2. The van der Waals surface area contributed by atoms with Crippen LogP contribution in [0.1, 0.15) is 29.7 Å². The molecule has 1 aromatic carbocycles. The van der Waals surface area contributed by atoms with Crippen LogP contribution in [0.25, 0.3) is 6.08 Å². The minimum Gasteiger partial charge on any atom is -0.347 e. The van der Waals surface area contributed by atoms with Gasteiger partial charge in [-0.2, -0.15) is 13.2 Å². The first-order valence-electron chi connectivity index (χ1n) is 7.82. The van der Waals surface area contributed by atoms with Crippen LogP contribution in [0, 0.1) is 0 Å². The molecule has 8 heteroatoms. The van der Waals surface area contributed by atoms with Gasteiger partial charge < -0.3 is 10.2 Å². The molecule has 0 radical (unpaired) electrons. The third kappa shape index (κ3) is 5.05. The zero-order valence-electron chi connectivity index (χ0n) is 14.6. The van der Waals surface area contributed by atoms with E-state index in [0.717, 1.165) is 6.07 Å². The molecule has 0 saturated carbocycles. The molecule has 2 aromatic rings. The summed E-state index contributed by atoms with van der Waals surface area (Å²) in [6.45, 7) is 1.51. The van der Waals surface area contributed by atoms with Gasteiger partial charge in [-0.15, -0.1) is 0 Å². The van der Waals surface area contributed by atoms with Crippen LogP contribution in [0.4, 0.5) is 19.1 Å². The Bertz CT molecular complexity index is 786. The quantitative estimate of drug-likeness (QED) is 0.826. The molecule has 1 aromatic heterocycles. The van der Waals surface area contributed by atoms with Crippen molar-refractivity contribution in [2.75, 3.05) is 19.0 Å².